The van der Waals surface area contributed by atoms with E-state index >= 15 is 0 Å². The fourth-order valence-electron chi connectivity index (χ4n) is 1.76. The average Bonchev–Trinajstić information content (AvgIpc) is 2.47. The van der Waals surface area contributed by atoms with Crippen molar-refractivity contribution in [1.82, 2.24) is 4.98 Å². The Morgan fingerprint density at radius 1 is 1.15 bits per heavy atom. The molecule has 2 rings (SSSR count). The molecule has 0 bridgehead atoms. The van der Waals surface area contributed by atoms with E-state index in [1.54, 1.807) is 26.2 Å². The van der Waals surface area contributed by atoms with Gasteiger partial charge in [-0.2, -0.15) is 0 Å². The number of hydrogen-bond donors (Lipinski definition) is 1. The third-order valence-corrected chi connectivity index (χ3v) is 4.83. The Morgan fingerprint density at radius 2 is 1.80 bits per heavy atom. The van der Waals surface area contributed by atoms with Crippen LogP contribution in [0.2, 0.25) is 0 Å². The predicted molar refractivity (Wildman–Crippen MR) is 80.6 cm³/mol. The second-order valence-electron chi connectivity index (χ2n) is 4.43. The second kappa shape index (κ2) is 5.50. The van der Waals surface area contributed by atoms with Gasteiger partial charge in [-0.25, -0.2) is 13.4 Å². The lowest BCUT2D eigenvalue weighted by atomic mass is 10.2. The van der Waals surface area contributed by atoms with Crippen LogP contribution in [-0.2, 0) is 10.0 Å². The predicted octanol–water partition coefficient (Wildman–Crippen LogP) is 2.26. The summed E-state index contributed by atoms with van der Waals surface area (Å²) in [5.41, 5.74) is 1.71. The molecule has 0 saturated heterocycles. The summed E-state index contributed by atoms with van der Waals surface area (Å²) in [5.74, 6) is 0.517. The minimum atomic E-state index is -3.58. The Bertz CT molecular complexity index is 697. The maximum Gasteiger partial charge on any atom is 0.264 e. The maximum absolute atomic E-state index is 12.6. The summed E-state index contributed by atoms with van der Waals surface area (Å²) in [6.07, 6.45) is 1.47. The van der Waals surface area contributed by atoms with Gasteiger partial charge in [0.25, 0.3) is 10.0 Å². The van der Waals surface area contributed by atoms with Crippen LogP contribution in [0, 0.1) is 6.92 Å². The molecule has 0 amide bonds. The van der Waals surface area contributed by atoms with Crippen LogP contribution in [-0.4, -0.2) is 27.5 Å². The van der Waals surface area contributed by atoms with Gasteiger partial charge in [0.1, 0.15) is 5.82 Å². The van der Waals surface area contributed by atoms with Crippen molar-refractivity contribution in [3.05, 3.63) is 48.2 Å². The highest BCUT2D eigenvalue weighted by Gasteiger charge is 2.21. The molecule has 0 aliphatic rings. The van der Waals surface area contributed by atoms with E-state index in [1.807, 2.05) is 19.1 Å². The molecular weight excluding hydrogens is 274 g/mol. The Kier molecular flexibility index (Phi) is 3.94. The van der Waals surface area contributed by atoms with Gasteiger partial charge >= 0.3 is 0 Å². The number of sulfonamides is 1. The average molecular weight is 291 g/mol. The Hall–Kier alpha value is -2.08. The van der Waals surface area contributed by atoms with E-state index in [9.17, 15) is 8.42 Å². The van der Waals surface area contributed by atoms with Gasteiger partial charge < -0.3 is 5.32 Å². The molecule has 106 valence electrons. The number of hydrogen-bond acceptors (Lipinski definition) is 4. The maximum atomic E-state index is 12.6. The first-order valence-electron chi connectivity index (χ1n) is 6.14. The Balaban J connectivity index is 2.40. The number of rotatable bonds is 4. The van der Waals surface area contributed by atoms with Gasteiger partial charge in [0, 0.05) is 26.4 Å². The van der Waals surface area contributed by atoms with E-state index in [4.69, 9.17) is 0 Å². The van der Waals surface area contributed by atoms with Gasteiger partial charge in [-0.15, -0.1) is 0 Å². The van der Waals surface area contributed by atoms with Crippen LogP contribution in [0.4, 0.5) is 11.5 Å². The van der Waals surface area contributed by atoms with Crippen molar-refractivity contribution in [2.24, 2.45) is 0 Å². The normalized spacial score (nSPS) is 11.2. The first-order chi connectivity index (χ1) is 9.45. The summed E-state index contributed by atoms with van der Waals surface area (Å²) in [6.45, 7) is 1.96. The number of aromatic nitrogens is 1. The molecule has 0 radical (unpaired) electrons. The van der Waals surface area contributed by atoms with Crippen molar-refractivity contribution >= 4 is 21.5 Å². The number of anilines is 2. The zero-order valence-corrected chi connectivity index (χ0v) is 12.5. The summed E-state index contributed by atoms with van der Waals surface area (Å²) in [7, 11) is -0.346. The molecule has 5 nitrogen and oxygen atoms in total. The molecule has 2 aromatic rings. The number of benzene rings is 1. The minimum absolute atomic E-state index is 0.208. The van der Waals surface area contributed by atoms with Crippen molar-refractivity contribution in [3.8, 4) is 0 Å². The fourth-order valence-corrected chi connectivity index (χ4v) is 2.97. The second-order valence-corrected chi connectivity index (χ2v) is 6.40. The summed E-state index contributed by atoms with van der Waals surface area (Å²) >= 11 is 0. The molecule has 0 fully saturated rings. The van der Waals surface area contributed by atoms with Crippen LogP contribution >= 0.6 is 0 Å². The largest absolute Gasteiger partial charge is 0.373 e. The van der Waals surface area contributed by atoms with Crippen LogP contribution in [0.15, 0.2) is 47.5 Å². The first kappa shape index (κ1) is 14.3. The molecule has 0 atom stereocenters. The van der Waals surface area contributed by atoms with Gasteiger partial charge in [-0.3, -0.25) is 4.31 Å². The molecule has 6 heteroatoms. The van der Waals surface area contributed by atoms with Crippen LogP contribution in [0.5, 0.6) is 0 Å². The van der Waals surface area contributed by atoms with Crippen LogP contribution in [0.25, 0.3) is 0 Å². The molecule has 0 aliphatic carbocycles. The lowest BCUT2D eigenvalue weighted by Gasteiger charge is -2.19. The molecule has 1 N–H and O–H groups in total. The van der Waals surface area contributed by atoms with Crippen molar-refractivity contribution in [2.75, 3.05) is 23.7 Å². The topological polar surface area (TPSA) is 62.3 Å². The summed E-state index contributed by atoms with van der Waals surface area (Å²) in [5, 5.41) is 2.83. The van der Waals surface area contributed by atoms with E-state index in [2.05, 4.69) is 10.3 Å². The number of aryl methyl sites for hydroxylation is 1. The molecule has 20 heavy (non-hydrogen) atoms. The van der Waals surface area contributed by atoms with Crippen molar-refractivity contribution in [3.63, 3.8) is 0 Å². The SMILES string of the molecule is CNc1cc(S(=O)(=O)N(C)c2ccc(C)cc2)ccn1. The van der Waals surface area contributed by atoms with Crippen LogP contribution in [0.3, 0.4) is 0 Å². The zero-order valence-electron chi connectivity index (χ0n) is 11.7. The third kappa shape index (κ3) is 2.75. The Morgan fingerprint density at radius 3 is 2.40 bits per heavy atom. The standard InChI is InChI=1S/C14H17N3O2S/c1-11-4-6-12(7-5-11)17(3)20(18,19)13-8-9-16-14(10-13)15-2/h4-10H,1-3H3,(H,15,16). The Labute approximate surface area is 119 Å². The van der Waals surface area contributed by atoms with E-state index in [1.165, 1.54) is 22.6 Å². The molecule has 1 aromatic heterocycles. The van der Waals surface area contributed by atoms with Crippen molar-refractivity contribution in [2.45, 2.75) is 11.8 Å². The summed E-state index contributed by atoms with van der Waals surface area (Å²) < 4.78 is 26.4. The van der Waals surface area contributed by atoms with Crippen molar-refractivity contribution in [1.29, 1.82) is 0 Å². The van der Waals surface area contributed by atoms with Gasteiger partial charge in [0.15, 0.2) is 0 Å². The van der Waals surface area contributed by atoms with Gasteiger partial charge in [0.05, 0.1) is 10.6 Å². The highest BCUT2D eigenvalue weighted by atomic mass is 32.2. The molecule has 0 unspecified atom stereocenters. The van der Waals surface area contributed by atoms with Crippen LogP contribution < -0.4 is 9.62 Å². The lowest BCUT2D eigenvalue weighted by molar-refractivity contribution is 0.594. The van der Waals surface area contributed by atoms with Gasteiger partial charge in [0.2, 0.25) is 0 Å². The van der Waals surface area contributed by atoms with Gasteiger partial charge in [-0.05, 0) is 25.1 Å². The van der Waals surface area contributed by atoms with Crippen LogP contribution in [0.1, 0.15) is 5.56 Å². The third-order valence-electron chi connectivity index (χ3n) is 3.04. The molecule has 0 spiro atoms. The number of nitrogens with zero attached hydrogens (tertiary/aromatic N) is 2. The molecule has 0 aliphatic heterocycles. The van der Waals surface area contributed by atoms with E-state index in [0.717, 1.165) is 5.56 Å². The molecule has 1 aromatic carbocycles. The molecular formula is C14H17N3O2S. The summed E-state index contributed by atoms with van der Waals surface area (Å²) in [6, 6.07) is 10.3. The number of pyridine rings is 1. The minimum Gasteiger partial charge on any atom is -0.373 e. The van der Waals surface area contributed by atoms with Crippen molar-refractivity contribution < 1.29 is 8.42 Å². The highest BCUT2D eigenvalue weighted by Crippen LogP contribution is 2.23. The quantitative estimate of drug-likeness (QED) is 0.938. The fraction of sp³-hybridized carbons (Fsp3) is 0.214. The molecule has 1 heterocycles. The smallest absolute Gasteiger partial charge is 0.264 e. The molecule has 0 saturated carbocycles. The summed E-state index contributed by atoms with van der Waals surface area (Å²) in [4.78, 5) is 4.23. The number of nitrogens with one attached hydrogen (secondary N) is 1. The van der Waals surface area contributed by atoms with Gasteiger partial charge in [-0.1, -0.05) is 17.7 Å². The van der Waals surface area contributed by atoms with E-state index in [-0.39, 0.29) is 4.90 Å². The lowest BCUT2D eigenvalue weighted by Crippen LogP contribution is -2.26. The first-order valence-corrected chi connectivity index (χ1v) is 7.58. The van der Waals surface area contributed by atoms with E-state index < -0.39 is 10.0 Å². The highest BCUT2D eigenvalue weighted by molar-refractivity contribution is 7.92. The monoisotopic (exact) mass is 291 g/mol. The van der Waals surface area contributed by atoms with E-state index in [0.29, 0.717) is 11.5 Å². The zero-order chi connectivity index (χ0) is 14.8.